The summed E-state index contributed by atoms with van der Waals surface area (Å²) in [5, 5.41) is 30.2. The van der Waals surface area contributed by atoms with Crippen LogP contribution in [0.4, 0.5) is 4.39 Å². The number of para-hydroxylation sites is 2. The Hall–Kier alpha value is -3.81. The lowest BCUT2D eigenvalue weighted by Gasteiger charge is -2.12. The Morgan fingerprint density at radius 1 is 1.00 bits per heavy atom. The highest BCUT2D eigenvalue weighted by molar-refractivity contribution is 6.33. The average molecular weight is 418 g/mol. The maximum absolute atomic E-state index is 13.8. The van der Waals surface area contributed by atoms with Crippen LogP contribution in [0.3, 0.4) is 0 Å². The molecule has 0 aliphatic heterocycles. The lowest BCUT2D eigenvalue weighted by molar-refractivity contribution is 0.0956. The number of benzene rings is 3. The van der Waals surface area contributed by atoms with Crippen molar-refractivity contribution in [3.05, 3.63) is 101 Å². The van der Waals surface area contributed by atoms with Gasteiger partial charge in [0.1, 0.15) is 29.1 Å². The number of aliphatic hydroxyl groups excluding tert-OH is 3. The molecule has 0 fully saturated rings. The van der Waals surface area contributed by atoms with Crippen LogP contribution in [0.5, 0.6) is 0 Å². The summed E-state index contributed by atoms with van der Waals surface area (Å²) in [4.78, 5) is 20.8. The van der Waals surface area contributed by atoms with Gasteiger partial charge in [-0.15, -0.1) is 0 Å². The molecule has 1 aromatic heterocycles. The monoisotopic (exact) mass is 418 g/mol. The van der Waals surface area contributed by atoms with Crippen LogP contribution in [0.2, 0.25) is 0 Å². The number of ketones is 1. The number of aromatic amines is 1. The van der Waals surface area contributed by atoms with Crippen LogP contribution in [0.15, 0.2) is 72.8 Å². The van der Waals surface area contributed by atoms with Gasteiger partial charge in [-0.05, 0) is 35.9 Å². The molecule has 1 heterocycles. The van der Waals surface area contributed by atoms with Crippen LogP contribution in [-0.2, 0) is 0 Å². The van der Waals surface area contributed by atoms with E-state index in [0.29, 0.717) is 16.6 Å². The normalized spacial score (nSPS) is 13.1. The van der Waals surface area contributed by atoms with Crippen LogP contribution in [0.1, 0.15) is 33.4 Å². The van der Waals surface area contributed by atoms with Gasteiger partial charge in [0.15, 0.2) is 0 Å². The van der Waals surface area contributed by atoms with E-state index in [-0.39, 0.29) is 28.3 Å². The number of halogens is 1. The van der Waals surface area contributed by atoms with Crippen molar-refractivity contribution in [3.63, 3.8) is 0 Å². The van der Waals surface area contributed by atoms with Crippen LogP contribution in [-0.4, -0.2) is 37.7 Å². The summed E-state index contributed by atoms with van der Waals surface area (Å²) < 4.78 is 13.8. The van der Waals surface area contributed by atoms with Crippen molar-refractivity contribution >= 4 is 28.1 Å². The molecule has 0 saturated heterocycles. The fraction of sp³-hybridized carbons (Fsp3) is 0.0833. The second-order valence-electron chi connectivity index (χ2n) is 6.99. The maximum atomic E-state index is 13.8. The molecule has 0 radical (unpaired) electrons. The van der Waals surface area contributed by atoms with Gasteiger partial charge in [-0.3, -0.25) is 4.79 Å². The summed E-state index contributed by atoms with van der Waals surface area (Å²) in [6.45, 7) is -0.493. The van der Waals surface area contributed by atoms with E-state index < -0.39 is 24.3 Å². The van der Waals surface area contributed by atoms with E-state index in [4.69, 9.17) is 0 Å². The summed E-state index contributed by atoms with van der Waals surface area (Å²) in [6, 6.07) is 18.5. The Bertz CT molecular complexity index is 1260. The Labute approximate surface area is 177 Å². The second-order valence-corrected chi connectivity index (χ2v) is 6.99. The predicted molar refractivity (Wildman–Crippen MR) is 115 cm³/mol. The summed E-state index contributed by atoms with van der Waals surface area (Å²) in [7, 11) is 0. The molecule has 156 valence electrons. The first-order valence-electron chi connectivity index (χ1n) is 9.56. The van der Waals surface area contributed by atoms with Crippen LogP contribution in [0.25, 0.3) is 22.4 Å². The largest absolute Gasteiger partial charge is 0.506 e. The van der Waals surface area contributed by atoms with Gasteiger partial charge in [0.05, 0.1) is 17.6 Å². The second kappa shape index (κ2) is 8.51. The van der Waals surface area contributed by atoms with Gasteiger partial charge in [0, 0.05) is 11.1 Å². The standard InChI is InChI=1S/C24H19FN2O4/c25-17-8-4-7-16(12-17)23(31)21(24-26-18-9-1-2-10-19(18)27-24)22(30)15-6-3-5-14(11-15)20(29)13-28/h1-12,20,28-30H,13H2,(H,26,27). The van der Waals surface area contributed by atoms with Crippen molar-refractivity contribution in [1.82, 2.24) is 9.97 Å². The zero-order valence-electron chi connectivity index (χ0n) is 16.3. The third-order valence-corrected chi connectivity index (χ3v) is 4.89. The van der Waals surface area contributed by atoms with Crippen LogP contribution in [0, 0.1) is 5.82 Å². The van der Waals surface area contributed by atoms with E-state index in [1.165, 1.54) is 24.3 Å². The van der Waals surface area contributed by atoms with E-state index in [1.807, 2.05) is 6.07 Å². The Morgan fingerprint density at radius 3 is 2.48 bits per heavy atom. The van der Waals surface area contributed by atoms with Crippen LogP contribution < -0.4 is 0 Å². The number of aliphatic hydroxyl groups is 3. The summed E-state index contributed by atoms with van der Waals surface area (Å²) >= 11 is 0. The van der Waals surface area contributed by atoms with E-state index in [0.717, 1.165) is 6.07 Å². The fourth-order valence-corrected chi connectivity index (χ4v) is 3.32. The van der Waals surface area contributed by atoms with Gasteiger partial charge in [-0.2, -0.15) is 0 Å². The maximum Gasteiger partial charge on any atom is 0.200 e. The van der Waals surface area contributed by atoms with Gasteiger partial charge < -0.3 is 20.3 Å². The molecule has 0 bridgehead atoms. The van der Waals surface area contributed by atoms with E-state index >= 15 is 0 Å². The Morgan fingerprint density at radius 2 is 1.74 bits per heavy atom. The van der Waals surface area contributed by atoms with Gasteiger partial charge in [-0.1, -0.05) is 42.5 Å². The lowest BCUT2D eigenvalue weighted by atomic mass is 9.97. The number of nitrogens with zero attached hydrogens (tertiary/aromatic N) is 1. The molecular formula is C24H19FN2O4. The first-order valence-corrected chi connectivity index (χ1v) is 9.56. The van der Waals surface area contributed by atoms with Gasteiger partial charge in [0.2, 0.25) is 5.78 Å². The van der Waals surface area contributed by atoms with Crippen molar-refractivity contribution in [2.24, 2.45) is 0 Å². The summed E-state index contributed by atoms with van der Waals surface area (Å²) in [5.74, 6) is -1.46. The molecule has 31 heavy (non-hydrogen) atoms. The smallest absolute Gasteiger partial charge is 0.200 e. The third kappa shape index (κ3) is 4.09. The number of hydrogen-bond donors (Lipinski definition) is 4. The number of fused-ring (bicyclic) bond motifs is 1. The van der Waals surface area contributed by atoms with E-state index in [9.17, 15) is 24.5 Å². The topological polar surface area (TPSA) is 106 Å². The zero-order chi connectivity index (χ0) is 22.0. The number of imidazole rings is 1. The molecule has 4 aromatic rings. The minimum atomic E-state index is -1.14. The quantitative estimate of drug-likeness (QED) is 0.215. The van der Waals surface area contributed by atoms with Crippen molar-refractivity contribution in [3.8, 4) is 0 Å². The lowest BCUT2D eigenvalue weighted by Crippen LogP contribution is -2.08. The Kier molecular flexibility index (Phi) is 5.62. The number of carbonyl (C=O) groups is 1. The van der Waals surface area contributed by atoms with Crippen LogP contribution >= 0.6 is 0 Å². The highest BCUT2D eigenvalue weighted by Crippen LogP contribution is 2.29. The fourth-order valence-electron chi connectivity index (χ4n) is 3.32. The summed E-state index contributed by atoms with van der Waals surface area (Å²) in [5.41, 5.74) is 1.78. The molecule has 4 N–H and O–H groups in total. The molecule has 0 saturated carbocycles. The third-order valence-electron chi connectivity index (χ3n) is 4.89. The van der Waals surface area contributed by atoms with Crippen molar-refractivity contribution < 1.29 is 24.5 Å². The predicted octanol–water partition coefficient (Wildman–Crippen LogP) is 4.04. The number of nitrogens with one attached hydrogen (secondary N) is 1. The molecule has 0 aliphatic rings. The number of aromatic nitrogens is 2. The molecule has 1 unspecified atom stereocenters. The Balaban J connectivity index is 1.92. The molecular weight excluding hydrogens is 399 g/mol. The van der Waals surface area contributed by atoms with E-state index in [2.05, 4.69) is 9.97 Å². The molecule has 7 heteroatoms. The highest BCUT2D eigenvalue weighted by Gasteiger charge is 2.24. The number of Topliss-reactive ketones (excluding diaryl/α,β-unsaturated/α-hetero) is 1. The average Bonchev–Trinajstić information content (AvgIpc) is 3.22. The number of carbonyl (C=O) groups excluding carboxylic acids is 1. The molecule has 4 rings (SSSR count). The minimum Gasteiger partial charge on any atom is -0.506 e. The minimum absolute atomic E-state index is 0.0496. The molecule has 0 aliphatic carbocycles. The molecule has 6 nitrogen and oxygen atoms in total. The highest BCUT2D eigenvalue weighted by atomic mass is 19.1. The molecule has 0 amide bonds. The van der Waals surface area contributed by atoms with Crippen molar-refractivity contribution in [2.45, 2.75) is 6.10 Å². The number of hydrogen-bond acceptors (Lipinski definition) is 5. The summed E-state index contributed by atoms with van der Waals surface area (Å²) in [6.07, 6.45) is -1.14. The first-order chi connectivity index (χ1) is 15.0. The van der Waals surface area contributed by atoms with Gasteiger partial charge >= 0.3 is 0 Å². The van der Waals surface area contributed by atoms with Gasteiger partial charge in [-0.25, -0.2) is 9.37 Å². The molecule has 3 aromatic carbocycles. The van der Waals surface area contributed by atoms with Crippen molar-refractivity contribution in [1.29, 1.82) is 0 Å². The van der Waals surface area contributed by atoms with Gasteiger partial charge in [0.25, 0.3) is 0 Å². The SMILES string of the molecule is O=C(C(=C(O)c1cccc(C(O)CO)c1)c1nc2ccccc2[nH]1)c1cccc(F)c1. The number of H-pyrrole nitrogens is 1. The zero-order valence-corrected chi connectivity index (χ0v) is 16.3. The number of allylic oxidation sites excluding steroid dienone is 1. The van der Waals surface area contributed by atoms with Crippen molar-refractivity contribution in [2.75, 3.05) is 6.61 Å². The first kappa shape index (κ1) is 20.5. The number of rotatable bonds is 6. The van der Waals surface area contributed by atoms with E-state index in [1.54, 1.807) is 36.4 Å². The molecule has 1 atom stereocenters. The molecule has 0 spiro atoms.